The van der Waals surface area contributed by atoms with Crippen LogP contribution in [0.4, 0.5) is 4.39 Å². The van der Waals surface area contributed by atoms with Crippen LogP contribution < -0.4 is 5.32 Å². The maximum absolute atomic E-state index is 13.9. The average Bonchev–Trinajstić information content (AvgIpc) is 2.59. The van der Waals surface area contributed by atoms with E-state index in [-0.39, 0.29) is 28.1 Å². The van der Waals surface area contributed by atoms with Gasteiger partial charge in [-0.25, -0.2) is 4.39 Å². The molecule has 8 heteroatoms. The van der Waals surface area contributed by atoms with Gasteiger partial charge in [0.25, 0.3) is 5.91 Å². The lowest BCUT2D eigenvalue weighted by Crippen LogP contribution is -2.45. The summed E-state index contributed by atoms with van der Waals surface area (Å²) in [7, 11) is 1.54. The first-order chi connectivity index (χ1) is 12.2. The molecule has 4 nitrogen and oxygen atoms in total. The van der Waals surface area contributed by atoms with E-state index in [4.69, 9.17) is 23.2 Å². The number of hydrogen-bond donors (Lipinski definition) is 1. The highest BCUT2D eigenvalue weighted by atomic mass is 79.9. The van der Waals surface area contributed by atoms with Gasteiger partial charge in [-0.2, -0.15) is 0 Å². The Labute approximate surface area is 169 Å². The van der Waals surface area contributed by atoms with Crippen molar-refractivity contribution in [1.82, 2.24) is 10.2 Å². The second kappa shape index (κ2) is 8.84. The summed E-state index contributed by atoms with van der Waals surface area (Å²) in [4.78, 5) is 26.1. The van der Waals surface area contributed by atoms with Crippen molar-refractivity contribution in [1.29, 1.82) is 0 Å². The quantitative estimate of drug-likeness (QED) is 0.703. The van der Waals surface area contributed by atoms with Gasteiger partial charge in [0.05, 0.1) is 15.6 Å². The van der Waals surface area contributed by atoms with Crippen LogP contribution in [0.3, 0.4) is 0 Å². The van der Waals surface area contributed by atoms with E-state index in [1.54, 1.807) is 31.2 Å². The summed E-state index contributed by atoms with van der Waals surface area (Å²) >= 11 is 15.2. The molecule has 0 bridgehead atoms. The summed E-state index contributed by atoms with van der Waals surface area (Å²) in [6.45, 7) is 1.62. The molecular formula is C18H16BrCl2FN2O2. The number of amides is 2. The minimum Gasteiger partial charge on any atom is -0.340 e. The molecule has 1 unspecified atom stereocenters. The number of rotatable bonds is 5. The molecular weight excluding hydrogens is 446 g/mol. The third kappa shape index (κ3) is 4.96. The Morgan fingerprint density at radius 1 is 1.27 bits per heavy atom. The predicted molar refractivity (Wildman–Crippen MR) is 104 cm³/mol. The molecule has 1 atom stereocenters. The Bertz CT molecular complexity index is 848. The van der Waals surface area contributed by atoms with Gasteiger partial charge >= 0.3 is 0 Å². The van der Waals surface area contributed by atoms with Crippen LogP contribution in [0.25, 0.3) is 0 Å². The summed E-state index contributed by atoms with van der Waals surface area (Å²) in [5.41, 5.74) is 0.547. The fraction of sp³-hybridized carbons (Fsp3) is 0.222. The standard InChI is InChI=1S/C18H16BrCl2FN2O2/c1-10(23-17(25)13-4-3-5-14(20)16(13)21)18(26)24(2)9-11-8-12(19)6-7-15(11)22/h3-8,10H,9H2,1-2H3,(H,23,25). The molecule has 0 saturated heterocycles. The van der Waals surface area contributed by atoms with Crippen LogP contribution in [-0.2, 0) is 11.3 Å². The predicted octanol–water partition coefficient (Wildman–Crippen LogP) is 4.67. The molecule has 0 aliphatic carbocycles. The van der Waals surface area contributed by atoms with Crippen molar-refractivity contribution < 1.29 is 14.0 Å². The summed E-state index contributed by atoms with van der Waals surface area (Å²) in [6.07, 6.45) is 0. The van der Waals surface area contributed by atoms with Crippen molar-refractivity contribution in [3.63, 3.8) is 0 Å². The number of likely N-dealkylation sites (N-methyl/N-ethyl adjacent to an activating group) is 1. The van der Waals surface area contributed by atoms with E-state index in [0.29, 0.717) is 10.0 Å². The van der Waals surface area contributed by atoms with E-state index in [2.05, 4.69) is 21.2 Å². The second-order valence-electron chi connectivity index (χ2n) is 5.73. The Hall–Kier alpha value is -1.63. The molecule has 2 aromatic carbocycles. The number of hydrogen-bond acceptors (Lipinski definition) is 2. The lowest BCUT2D eigenvalue weighted by molar-refractivity contribution is -0.132. The summed E-state index contributed by atoms with van der Waals surface area (Å²) in [5, 5.41) is 2.95. The van der Waals surface area contributed by atoms with Gasteiger partial charge in [-0.05, 0) is 37.3 Å². The van der Waals surface area contributed by atoms with Crippen molar-refractivity contribution in [3.8, 4) is 0 Å². The third-order valence-corrected chi connectivity index (χ3v) is 5.02. The summed E-state index contributed by atoms with van der Waals surface area (Å²) < 4.78 is 14.6. The van der Waals surface area contributed by atoms with Crippen LogP contribution in [0.15, 0.2) is 40.9 Å². The van der Waals surface area contributed by atoms with Crippen LogP contribution >= 0.6 is 39.1 Å². The van der Waals surface area contributed by atoms with Crippen molar-refractivity contribution in [2.75, 3.05) is 7.05 Å². The van der Waals surface area contributed by atoms with Crippen molar-refractivity contribution in [2.45, 2.75) is 19.5 Å². The minimum atomic E-state index is -0.822. The number of carbonyl (C=O) groups excluding carboxylic acids is 2. The number of nitrogens with one attached hydrogen (secondary N) is 1. The largest absolute Gasteiger partial charge is 0.340 e. The van der Waals surface area contributed by atoms with E-state index >= 15 is 0 Å². The van der Waals surface area contributed by atoms with Gasteiger partial charge in [0.15, 0.2) is 0 Å². The van der Waals surface area contributed by atoms with Crippen LogP contribution in [0, 0.1) is 5.82 Å². The Kier molecular flexibility index (Phi) is 7.03. The number of halogens is 4. The van der Waals surface area contributed by atoms with E-state index in [1.807, 2.05) is 0 Å². The van der Waals surface area contributed by atoms with E-state index in [9.17, 15) is 14.0 Å². The molecule has 0 saturated carbocycles. The summed E-state index contributed by atoms with van der Waals surface area (Å²) in [6, 6.07) is 8.36. The van der Waals surface area contributed by atoms with Gasteiger partial charge in [0.1, 0.15) is 11.9 Å². The second-order valence-corrected chi connectivity index (χ2v) is 7.43. The van der Waals surface area contributed by atoms with Crippen LogP contribution in [0.1, 0.15) is 22.8 Å². The third-order valence-electron chi connectivity index (χ3n) is 3.71. The highest BCUT2D eigenvalue weighted by Crippen LogP contribution is 2.25. The first-order valence-corrected chi connectivity index (χ1v) is 9.19. The molecule has 0 spiro atoms. The SMILES string of the molecule is CC(NC(=O)c1cccc(Cl)c1Cl)C(=O)N(C)Cc1cc(Br)ccc1F. The molecule has 0 radical (unpaired) electrons. The minimum absolute atomic E-state index is 0.0717. The van der Waals surface area contributed by atoms with Crippen molar-refractivity contribution >= 4 is 50.9 Å². The highest BCUT2D eigenvalue weighted by molar-refractivity contribution is 9.10. The normalized spacial score (nSPS) is 11.8. The van der Waals surface area contributed by atoms with Crippen molar-refractivity contribution in [3.05, 3.63) is 67.9 Å². The number of benzene rings is 2. The molecule has 26 heavy (non-hydrogen) atoms. The summed E-state index contributed by atoms with van der Waals surface area (Å²) in [5.74, 6) is -1.29. The Morgan fingerprint density at radius 3 is 2.65 bits per heavy atom. The first kappa shape index (κ1) is 20.7. The molecule has 1 N–H and O–H groups in total. The lowest BCUT2D eigenvalue weighted by Gasteiger charge is -2.22. The molecule has 138 valence electrons. The lowest BCUT2D eigenvalue weighted by atomic mass is 10.1. The Morgan fingerprint density at radius 2 is 1.96 bits per heavy atom. The highest BCUT2D eigenvalue weighted by Gasteiger charge is 2.22. The number of carbonyl (C=O) groups is 2. The number of nitrogens with zero attached hydrogens (tertiary/aromatic N) is 1. The van der Waals surface area contributed by atoms with Crippen LogP contribution in [-0.4, -0.2) is 29.8 Å². The maximum atomic E-state index is 13.9. The van der Waals surface area contributed by atoms with Crippen molar-refractivity contribution in [2.24, 2.45) is 0 Å². The van der Waals surface area contributed by atoms with E-state index < -0.39 is 17.8 Å². The average molecular weight is 462 g/mol. The topological polar surface area (TPSA) is 49.4 Å². The fourth-order valence-corrected chi connectivity index (χ4v) is 3.14. The van der Waals surface area contributed by atoms with Gasteiger partial charge in [-0.3, -0.25) is 9.59 Å². The zero-order valence-electron chi connectivity index (χ0n) is 14.0. The molecule has 0 fully saturated rings. The maximum Gasteiger partial charge on any atom is 0.253 e. The van der Waals surface area contributed by atoms with Gasteiger partial charge < -0.3 is 10.2 Å². The molecule has 0 aromatic heterocycles. The van der Waals surface area contributed by atoms with Crippen LogP contribution in [0.5, 0.6) is 0 Å². The van der Waals surface area contributed by atoms with Gasteiger partial charge in [-0.15, -0.1) is 0 Å². The molecule has 0 heterocycles. The zero-order chi connectivity index (χ0) is 19.4. The fourth-order valence-electron chi connectivity index (χ4n) is 2.34. The zero-order valence-corrected chi connectivity index (χ0v) is 17.1. The molecule has 2 aromatic rings. The van der Waals surface area contributed by atoms with Crippen LogP contribution in [0.2, 0.25) is 10.0 Å². The van der Waals surface area contributed by atoms with E-state index in [1.165, 1.54) is 24.1 Å². The molecule has 2 rings (SSSR count). The van der Waals surface area contributed by atoms with Gasteiger partial charge in [0, 0.05) is 23.6 Å². The molecule has 2 amide bonds. The first-order valence-electron chi connectivity index (χ1n) is 7.64. The molecule has 0 aliphatic heterocycles. The smallest absolute Gasteiger partial charge is 0.253 e. The molecule has 0 aliphatic rings. The van der Waals surface area contributed by atoms with Gasteiger partial charge in [-0.1, -0.05) is 45.2 Å². The van der Waals surface area contributed by atoms with Gasteiger partial charge in [0.2, 0.25) is 5.91 Å². The Balaban J connectivity index is 2.05. The monoisotopic (exact) mass is 460 g/mol. The van der Waals surface area contributed by atoms with E-state index in [0.717, 1.165) is 0 Å².